The second-order valence-corrected chi connectivity index (χ2v) is 4.66. The average molecular weight is 295 g/mol. The van der Waals surface area contributed by atoms with E-state index in [1.165, 1.54) is 21.7 Å². The van der Waals surface area contributed by atoms with Gasteiger partial charge in [-0.1, -0.05) is 13.3 Å². The number of carboxylic acids is 1. The lowest BCUT2D eigenvalue weighted by atomic mass is 10.3. The Morgan fingerprint density at radius 1 is 1.33 bits per heavy atom. The zero-order valence-corrected chi connectivity index (χ0v) is 12.4. The maximum absolute atomic E-state index is 12.3. The molecule has 116 valence electrons. The van der Waals surface area contributed by atoms with Crippen LogP contribution in [0.4, 0.5) is 0 Å². The molecule has 0 saturated heterocycles. The molecule has 1 rings (SSSR count). The van der Waals surface area contributed by atoms with Crippen molar-refractivity contribution in [1.29, 1.82) is 0 Å². The number of rotatable bonds is 8. The summed E-state index contributed by atoms with van der Waals surface area (Å²) in [5.41, 5.74) is -0.0773. The fourth-order valence-electron chi connectivity index (χ4n) is 1.83. The maximum atomic E-state index is 12.3. The van der Waals surface area contributed by atoms with Gasteiger partial charge >= 0.3 is 5.97 Å². The van der Waals surface area contributed by atoms with Gasteiger partial charge in [-0.25, -0.2) is 4.68 Å². The minimum atomic E-state index is -0.956. The minimum absolute atomic E-state index is 0.116. The Morgan fingerprint density at radius 3 is 2.62 bits per heavy atom. The molecule has 0 aliphatic rings. The zero-order valence-electron chi connectivity index (χ0n) is 12.4. The number of hydrogen-bond acceptors (Lipinski definition) is 4. The van der Waals surface area contributed by atoms with E-state index < -0.39 is 5.97 Å². The summed E-state index contributed by atoms with van der Waals surface area (Å²) in [5, 5.41) is 12.8. The Labute approximate surface area is 123 Å². The van der Waals surface area contributed by atoms with Crippen LogP contribution in [-0.2, 0) is 11.3 Å². The second-order valence-electron chi connectivity index (χ2n) is 4.66. The van der Waals surface area contributed by atoms with Crippen molar-refractivity contribution in [2.45, 2.75) is 39.7 Å². The van der Waals surface area contributed by atoms with Gasteiger partial charge in [0, 0.05) is 25.7 Å². The summed E-state index contributed by atoms with van der Waals surface area (Å²) in [4.78, 5) is 35.9. The van der Waals surface area contributed by atoms with E-state index >= 15 is 0 Å². The number of unbranched alkanes of at least 4 members (excludes halogenated alkanes) is 1. The van der Waals surface area contributed by atoms with Crippen LogP contribution in [-0.4, -0.2) is 44.8 Å². The summed E-state index contributed by atoms with van der Waals surface area (Å²) >= 11 is 0. The van der Waals surface area contributed by atoms with E-state index in [0.717, 1.165) is 12.8 Å². The number of nitrogens with zero attached hydrogens (tertiary/aromatic N) is 3. The predicted molar refractivity (Wildman–Crippen MR) is 77.2 cm³/mol. The summed E-state index contributed by atoms with van der Waals surface area (Å²) in [6.07, 6.45) is 1.61. The highest BCUT2D eigenvalue weighted by molar-refractivity contribution is 5.92. The van der Waals surface area contributed by atoms with Crippen molar-refractivity contribution in [3.05, 3.63) is 28.2 Å². The molecule has 1 heterocycles. The van der Waals surface area contributed by atoms with Crippen molar-refractivity contribution >= 4 is 11.9 Å². The molecule has 1 amide bonds. The van der Waals surface area contributed by atoms with Gasteiger partial charge in [-0.15, -0.1) is 0 Å². The summed E-state index contributed by atoms with van der Waals surface area (Å²) in [5.74, 6) is -1.31. The molecule has 0 aromatic carbocycles. The maximum Gasteiger partial charge on any atom is 0.305 e. The van der Waals surface area contributed by atoms with Crippen molar-refractivity contribution in [2.24, 2.45) is 0 Å². The molecular weight excluding hydrogens is 274 g/mol. The topological polar surface area (TPSA) is 92.5 Å². The largest absolute Gasteiger partial charge is 0.481 e. The van der Waals surface area contributed by atoms with Crippen molar-refractivity contribution in [3.8, 4) is 0 Å². The lowest BCUT2D eigenvalue weighted by Crippen LogP contribution is -2.35. The summed E-state index contributed by atoms with van der Waals surface area (Å²) in [6.45, 7) is 4.76. The molecule has 0 unspecified atom stereocenters. The van der Waals surface area contributed by atoms with Gasteiger partial charge in [0.05, 0.1) is 6.42 Å². The fraction of sp³-hybridized carbons (Fsp3) is 0.571. The molecule has 1 N–H and O–H groups in total. The molecule has 7 nitrogen and oxygen atoms in total. The number of hydrogen-bond donors (Lipinski definition) is 1. The monoisotopic (exact) mass is 295 g/mol. The standard InChI is InChI=1S/C14H21N3O4/c1-3-5-9-17-12(18)7-6-11(15-17)14(21)16(4-2)10-8-13(19)20/h6-7H,3-5,8-10H2,1-2H3,(H,19,20). The fourth-order valence-corrected chi connectivity index (χ4v) is 1.83. The zero-order chi connectivity index (χ0) is 15.8. The third kappa shape index (κ3) is 5.02. The van der Waals surface area contributed by atoms with Crippen LogP contribution in [0, 0.1) is 0 Å². The minimum Gasteiger partial charge on any atom is -0.481 e. The Bertz CT molecular complexity index is 553. The van der Waals surface area contributed by atoms with Gasteiger partial charge in [0.15, 0.2) is 0 Å². The first-order valence-electron chi connectivity index (χ1n) is 7.08. The van der Waals surface area contributed by atoms with Crippen LogP contribution >= 0.6 is 0 Å². The van der Waals surface area contributed by atoms with E-state index in [-0.39, 0.29) is 30.1 Å². The highest BCUT2D eigenvalue weighted by atomic mass is 16.4. The van der Waals surface area contributed by atoms with Gasteiger partial charge in [-0.05, 0) is 19.4 Å². The Morgan fingerprint density at radius 2 is 2.05 bits per heavy atom. The molecule has 0 radical (unpaired) electrons. The number of aryl methyl sites for hydroxylation is 1. The predicted octanol–water partition coefficient (Wildman–Crippen LogP) is 0.980. The third-order valence-corrected chi connectivity index (χ3v) is 3.07. The molecule has 21 heavy (non-hydrogen) atoms. The van der Waals surface area contributed by atoms with Crippen LogP contribution in [0.25, 0.3) is 0 Å². The van der Waals surface area contributed by atoms with Crippen LogP contribution in [0.15, 0.2) is 16.9 Å². The van der Waals surface area contributed by atoms with Crippen LogP contribution in [0.2, 0.25) is 0 Å². The van der Waals surface area contributed by atoms with E-state index in [1.807, 2.05) is 6.92 Å². The normalized spacial score (nSPS) is 10.4. The van der Waals surface area contributed by atoms with Crippen molar-refractivity contribution in [1.82, 2.24) is 14.7 Å². The molecule has 0 spiro atoms. The van der Waals surface area contributed by atoms with Gasteiger partial charge in [-0.3, -0.25) is 14.4 Å². The third-order valence-electron chi connectivity index (χ3n) is 3.07. The number of carboxylic acid groups (broad SMARTS) is 1. The molecule has 0 saturated carbocycles. The first-order chi connectivity index (χ1) is 9.99. The molecule has 0 bridgehead atoms. The van der Waals surface area contributed by atoms with Crippen LogP contribution in [0.3, 0.4) is 0 Å². The number of aliphatic carboxylic acids is 1. The van der Waals surface area contributed by atoms with Crippen LogP contribution < -0.4 is 5.56 Å². The molecule has 0 aliphatic carbocycles. The van der Waals surface area contributed by atoms with Gasteiger partial charge in [0.1, 0.15) is 5.69 Å². The number of carbonyl (C=O) groups excluding carboxylic acids is 1. The van der Waals surface area contributed by atoms with E-state index in [9.17, 15) is 14.4 Å². The summed E-state index contributed by atoms with van der Waals surface area (Å²) < 4.78 is 1.28. The molecule has 1 aromatic heterocycles. The quantitative estimate of drug-likeness (QED) is 0.771. The lowest BCUT2D eigenvalue weighted by molar-refractivity contribution is -0.137. The Balaban J connectivity index is 2.89. The molecule has 0 aliphatic heterocycles. The van der Waals surface area contributed by atoms with E-state index in [0.29, 0.717) is 13.1 Å². The van der Waals surface area contributed by atoms with Gasteiger partial charge < -0.3 is 10.0 Å². The Kier molecular flexibility index (Phi) is 6.58. The van der Waals surface area contributed by atoms with E-state index in [2.05, 4.69) is 5.10 Å². The Hall–Kier alpha value is -2.18. The highest BCUT2D eigenvalue weighted by Crippen LogP contribution is 2.02. The molecule has 1 aromatic rings. The highest BCUT2D eigenvalue weighted by Gasteiger charge is 2.17. The van der Waals surface area contributed by atoms with Gasteiger partial charge in [-0.2, -0.15) is 5.10 Å². The van der Waals surface area contributed by atoms with Crippen LogP contribution in [0.1, 0.15) is 43.6 Å². The molecule has 7 heteroatoms. The summed E-state index contributed by atoms with van der Waals surface area (Å²) in [7, 11) is 0. The average Bonchev–Trinajstić information content (AvgIpc) is 2.46. The van der Waals surface area contributed by atoms with Gasteiger partial charge in [0.25, 0.3) is 11.5 Å². The lowest BCUT2D eigenvalue weighted by Gasteiger charge is -2.19. The van der Waals surface area contributed by atoms with Gasteiger partial charge in [0.2, 0.25) is 0 Å². The molecule has 0 atom stereocenters. The number of aromatic nitrogens is 2. The molecule has 0 fully saturated rings. The summed E-state index contributed by atoms with van der Waals surface area (Å²) in [6, 6.07) is 2.71. The smallest absolute Gasteiger partial charge is 0.305 e. The number of carbonyl (C=O) groups is 2. The van der Waals surface area contributed by atoms with Crippen molar-refractivity contribution in [2.75, 3.05) is 13.1 Å². The van der Waals surface area contributed by atoms with Crippen molar-refractivity contribution in [3.63, 3.8) is 0 Å². The van der Waals surface area contributed by atoms with Crippen molar-refractivity contribution < 1.29 is 14.7 Å². The number of amides is 1. The first kappa shape index (κ1) is 16.9. The first-order valence-corrected chi connectivity index (χ1v) is 7.08. The van der Waals surface area contributed by atoms with Crippen LogP contribution in [0.5, 0.6) is 0 Å². The van der Waals surface area contributed by atoms with E-state index in [4.69, 9.17) is 5.11 Å². The second kappa shape index (κ2) is 8.18. The molecular formula is C14H21N3O4. The van der Waals surface area contributed by atoms with E-state index in [1.54, 1.807) is 6.92 Å². The SMILES string of the molecule is CCCCn1nc(C(=O)N(CC)CCC(=O)O)ccc1=O.